The predicted molar refractivity (Wildman–Crippen MR) is 77.2 cm³/mol. The first kappa shape index (κ1) is 12.9. The van der Waals surface area contributed by atoms with Crippen molar-refractivity contribution in [2.75, 3.05) is 0 Å². The summed E-state index contributed by atoms with van der Waals surface area (Å²) in [5.41, 5.74) is 1.52. The van der Waals surface area contributed by atoms with Crippen molar-refractivity contribution >= 4 is 45.4 Å². The molecule has 0 unspecified atom stereocenters. The van der Waals surface area contributed by atoms with Gasteiger partial charge in [0.25, 0.3) is 0 Å². The van der Waals surface area contributed by atoms with Gasteiger partial charge in [-0.15, -0.1) is 11.3 Å². The average Bonchev–Trinajstić information content (AvgIpc) is 2.83. The summed E-state index contributed by atoms with van der Waals surface area (Å²) in [5.74, 6) is -0.0230. The Kier molecular flexibility index (Phi) is 4.23. The predicted octanol–water partition coefficient (Wildman–Crippen LogP) is 4.22. The van der Waals surface area contributed by atoms with Crippen LogP contribution in [0.3, 0.4) is 0 Å². The van der Waals surface area contributed by atoms with Gasteiger partial charge in [0.1, 0.15) is 6.29 Å². The molecule has 0 bridgehead atoms. The molecule has 0 aliphatic carbocycles. The van der Waals surface area contributed by atoms with E-state index in [9.17, 15) is 9.59 Å². The molecule has 0 N–H and O–H groups in total. The first-order valence-electron chi connectivity index (χ1n) is 5.22. The summed E-state index contributed by atoms with van der Waals surface area (Å²) in [6, 6.07) is 10.7. The van der Waals surface area contributed by atoms with Gasteiger partial charge in [-0.05, 0) is 39.7 Å². The van der Waals surface area contributed by atoms with Crippen molar-refractivity contribution in [3.8, 4) is 0 Å². The zero-order chi connectivity index (χ0) is 13.0. The maximum absolute atomic E-state index is 11.8. The van der Waals surface area contributed by atoms with Gasteiger partial charge in [0.05, 0.1) is 8.66 Å². The lowest BCUT2D eigenvalue weighted by Crippen LogP contribution is -1.88. The number of thiophene rings is 1. The van der Waals surface area contributed by atoms with Gasteiger partial charge >= 0.3 is 0 Å². The zero-order valence-electron chi connectivity index (χ0n) is 9.30. The highest BCUT2D eigenvalue weighted by Gasteiger charge is 2.04. The van der Waals surface area contributed by atoms with Crippen molar-refractivity contribution in [1.82, 2.24) is 0 Å². The fourth-order valence-corrected chi connectivity index (χ4v) is 2.69. The lowest BCUT2D eigenvalue weighted by Gasteiger charge is -1.93. The summed E-state index contributed by atoms with van der Waals surface area (Å²) in [5, 5.41) is 0. The molecule has 0 fully saturated rings. The maximum Gasteiger partial charge on any atom is 0.195 e. The molecule has 0 radical (unpaired) electrons. The molecule has 1 aromatic heterocycles. The molecule has 90 valence electrons. The van der Waals surface area contributed by atoms with Crippen molar-refractivity contribution in [1.29, 1.82) is 0 Å². The van der Waals surface area contributed by atoms with E-state index in [0.29, 0.717) is 10.4 Å². The van der Waals surface area contributed by atoms with E-state index in [-0.39, 0.29) is 5.78 Å². The van der Waals surface area contributed by atoms with Crippen LogP contribution in [0.1, 0.15) is 25.6 Å². The third-order valence-corrected chi connectivity index (χ3v) is 3.95. The average molecular weight is 321 g/mol. The molecule has 0 atom stereocenters. The Hall–Kier alpha value is -1.52. The summed E-state index contributed by atoms with van der Waals surface area (Å²) in [6.07, 6.45) is 4.07. The van der Waals surface area contributed by atoms with Crippen LogP contribution in [-0.4, -0.2) is 12.1 Å². The van der Waals surface area contributed by atoms with E-state index in [2.05, 4.69) is 15.9 Å². The minimum atomic E-state index is -0.0230. The second-order valence-electron chi connectivity index (χ2n) is 3.59. The Morgan fingerprint density at radius 1 is 1.06 bits per heavy atom. The van der Waals surface area contributed by atoms with Crippen molar-refractivity contribution in [3.05, 3.63) is 62.3 Å². The molecule has 4 heteroatoms. The summed E-state index contributed by atoms with van der Waals surface area (Å²) in [7, 11) is 0. The first-order valence-corrected chi connectivity index (χ1v) is 6.83. The Morgan fingerprint density at radius 2 is 1.72 bits per heavy atom. The SMILES string of the molecule is O=Cc1ccc(C=CC(=O)c2ccc(Br)s2)cc1. The van der Waals surface area contributed by atoms with E-state index in [4.69, 9.17) is 0 Å². The van der Waals surface area contributed by atoms with E-state index >= 15 is 0 Å². The van der Waals surface area contributed by atoms with Crippen LogP contribution in [0, 0.1) is 0 Å². The molecular weight excluding hydrogens is 312 g/mol. The minimum absolute atomic E-state index is 0.0230. The zero-order valence-corrected chi connectivity index (χ0v) is 11.7. The van der Waals surface area contributed by atoms with Crippen LogP contribution in [0.2, 0.25) is 0 Å². The lowest BCUT2D eigenvalue weighted by molar-refractivity contribution is 0.105. The number of carbonyl (C=O) groups is 2. The number of hydrogen-bond acceptors (Lipinski definition) is 3. The number of rotatable bonds is 4. The highest BCUT2D eigenvalue weighted by Crippen LogP contribution is 2.22. The third-order valence-electron chi connectivity index (χ3n) is 2.32. The number of ketones is 1. The molecule has 2 rings (SSSR count). The first-order chi connectivity index (χ1) is 8.69. The molecule has 0 aliphatic rings. The summed E-state index contributed by atoms with van der Waals surface area (Å²) in [4.78, 5) is 23.0. The highest BCUT2D eigenvalue weighted by atomic mass is 79.9. The monoisotopic (exact) mass is 320 g/mol. The van der Waals surface area contributed by atoms with Crippen molar-refractivity contribution in [3.63, 3.8) is 0 Å². The van der Waals surface area contributed by atoms with Crippen molar-refractivity contribution < 1.29 is 9.59 Å². The Labute approximate surface area is 117 Å². The number of allylic oxidation sites excluding steroid dienone is 1. The van der Waals surface area contributed by atoms with Crippen LogP contribution in [0.25, 0.3) is 6.08 Å². The highest BCUT2D eigenvalue weighted by molar-refractivity contribution is 9.11. The summed E-state index contributed by atoms with van der Waals surface area (Å²) in [6.45, 7) is 0. The van der Waals surface area contributed by atoms with E-state index in [0.717, 1.165) is 15.6 Å². The molecule has 1 aromatic carbocycles. The molecule has 18 heavy (non-hydrogen) atoms. The van der Waals surface area contributed by atoms with E-state index in [1.54, 1.807) is 36.4 Å². The molecule has 0 amide bonds. The van der Waals surface area contributed by atoms with Crippen LogP contribution in [0.15, 0.2) is 46.3 Å². The second-order valence-corrected chi connectivity index (χ2v) is 6.05. The van der Waals surface area contributed by atoms with Crippen LogP contribution in [0.5, 0.6) is 0 Å². The summed E-state index contributed by atoms with van der Waals surface area (Å²) < 4.78 is 0.939. The molecule has 2 nitrogen and oxygen atoms in total. The van der Waals surface area contributed by atoms with Gasteiger partial charge in [0.2, 0.25) is 0 Å². The van der Waals surface area contributed by atoms with Gasteiger partial charge in [-0.25, -0.2) is 0 Å². The van der Waals surface area contributed by atoms with Crippen LogP contribution in [-0.2, 0) is 0 Å². The molecule has 2 aromatic rings. The quantitative estimate of drug-likeness (QED) is 0.480. The Balaban J connectivity index is 2.10. The number of halogens is 1. The third kappa shape index (κ3) is 3.24. The Morgan fingerprint density at radius 3 is 2.28 bits per heavy atom. The van der Waals surface area contributed by atoms with E-state index < -0.39 is 0 Å². The van der Waals surface area contributed by atoms with E-state index in [1.165, 1.54) is 17.4 Å². The maximum atomic E-state index is 11.8. The molecule has 0 saturated heterocycles. The smallest absolute Gasteiger partial charge is 0.195 e. The van der Waals surface area contributed by atoms with E-state index in [1.807, 2.05) is 6.07 Å². The van der Waals surface area contributed by atoms with Gasteiger partial charge < -0.3 is 0 Å². The van der Waals surface area contributed by atoms with Crippen molar-refractivity contribution in [2.24, 2.45) is 0 Å². The summed E-state index contributed by atoms with van der Waals surface area (Å²) >= 11 is 4.73. The molecular formula is C14H9BrO2S. The fourth-order valence-electron chi connectivity index (χ4n) is 1.39. The van der Waals surface area contributed by atoms with Gasteiger partial charge in [0.15, 0.2) is 5.78 Å². The Bertz CT molecular complexity index is 597. The van der Waals surface area contributed by atoms with Gasteiger partial charge in [-0.2, -0.15) is 0 Å². The normalized spacial score (nSPS) is 10.7. The standard InChI is InChI=1S/C14H9BrO2S/c15-14-8-7-13(18-14)12(17)6-5-10-1-3-11(9-16)4-2-10/h1-9H. The number of carbonyl (C=O) groups excluding carboxylic acids is 2. The van der Waals surface area contributed by atoms with Gasteiger partial charge in [0, 0.05) is 5.56 Å². The number of benzene rings is 1. The number of hydrogen-bond donors (Lipinski definition) is 0. The van der Waals surface area contributed by atoms with Crippen LogP contribution in [0.4, 0.5) is 0 Å². The van der Waals surface area contributed by atoms with Gasteiger partial charge in [-0.1, -0.05) is 30.3 Å². The van der Waals surface area contributed by atoms with Crippen LogP contribution >= 0.6 is 27.3 Å². The molecule has 0 saturated carbocycles. The second kappa shape index (κ2) is 5.89. The molecule has 0 spiro atoms. The molecule has 1 heterocycles. The van der Waals surface area contributed by atoms with Crippen LogP contribution < -0.4 is 0 Å². The largest absolute Gasteiger partial charge is 0.298 e. The minimum Gasteiger partial charge on any atom is -0.298 e. The topological polar surface area (TPSA) is 34.1 Å². The fraction of sp³-hybridized carbons (Fsp3) is 0. The number of aldehydes is 1. The lowest BCUT2D eigenvalue weighted by atomic mass is 10.1. The van der Waals surface area contributed by atoms with Crippen molar-refractivity contribution in [2.45, 2.75) is 0 Å². The van der Waals surface area contributed by atoms with Gasteiger partial charge in [-0.3, -0.25) is 9.59 Å². The molecule has 0 aliphatic heterocycles.